The number of carbonyl (C=O) groups is 2. The molecular formula is C19H20N2O6. The van der Waals surface area contributed by atoms with Gasteiger partial charge in [0.05, 0.1) is 30.5 Å². The van der Waals surface area contributed by atoms with Gasteiger partial charge in [-0.3, -0.25) is 9.59 Å². The lowest BCUT2D eigenvalue weighted by atomic mass is 9.83. The largest absolute Gasteiger partial charge is 0.481 e. The number of ether oxygens (including phenoxy) is 2. The molecule has 0 aromatic carbocycles. The maximum absolute atomic E-state index is 13.3. The van der Waals surface area contributed by atoms with Crippen molar-refractivity contribution in [2.75, 3.05) is 20.3 Å². The Labute approximate surface area is 155 Å². The van der Waals surface area contributed by atoms with Gasteiger partial charge in [-0.1, -0.05) is 0 Å². The topological polar surface area (TPSA) is 111 Å². The number of piperazine rings is 1. The molecule has 5 rings (SSSR count). The zero-order valence-corrected chi connectivity index (χ0v) is 15.0. The van der Waals surface area contributed by atoms with E-state index in [0.29, 0.717) is 18.0 Å². The van der Waals surface area contributed by atoms with Crippen molar-refractivity contribution in [2.45, 2.75) is 31.3 Å². The lowest BCUT2D eigenvalue weighted by molar-refractivity contribution is -0.137. The van der Waals surface area contributed by atoms with E-state index < -0.39 is 11.6 Å². The molecule has 4 atom stereocenters. The molecule has 1 aliphatic carbocycles. The van der Waals surface area contributed by atoms with Crippen LogP contribution < -0.4 is 5.32 Å². The van der Waals surface area contributed by atoms with E-state index in [-0.39, 0.29) is 53.8 Å². The second-order valence-corrected chi connectivity index (χ2v) is 7.30. The number of ketones is 2. The van der Waals surface area contributed by atoms with Crippen molar-refractivity contribution >= 4 is 11.6 Å². The molecule has 0 saturated carbocycles. The van der Waals surface area contributed by atoms with E-state index in [2.05, 4.69) is 5.32 Å². The Morgan fingerprint density at radius 1 is 1.41 bits per heavy atom. The van der Waals surface area contributed by atoms with Crippen LogP contribution in [-0.2, 0) is 25.7 Å². The van der Waals surface area contributed by atoms with Gasteiger partial charge in [0.1, 0.15) is 12.4 Å². The first kappa shape index (κ1) is 16.7. The minimum atomic E-state index is -0.911. The average Bonchev–Trinajstić information content (AvgIpc) is 3.04. The van der Waals surface area contributed by atoms with Gasteiger partial charge in [-0.25, -0.2) is 0 Å². The minimum Gasteiger partial charge on any atom is -0.481 e. The molecule has 0 spiro atoms. The maximum Gasteiger partial charge on any atom is 0.226 e. The number of fused-ring (bicyclic) bond motifs is 4. The van der Waals surface area contributed by atoms with Crippen molar-refractivity contribution < 1.29 is 28.6 Å². The molecule has 3 aliphatic heterocycles. The molecule has 0 radical (unpaired) electrons. The molecule has 8 heteroatoms. The highest BCUT2D eigenvalue weighted by atomic mass is 16.5. The summed E-state index contributed by atoms with van der Waals surface area (Å²) in [4.78, 5) is 28.3. The summed E-state index contributed by atoms with van der Waals surface area (Å²) in [7, 11) is 1.56. The highest BCUT2D eigenvalue weighted by molar-refractivity contribution is 6.25. The Kier molecular flexibility index (Phi) is 3.43. The van der Waals surface area contributed by atoms with Crippen molar-refractivity contribution in [3.05, 3.63) is 46.8 Å². The van der Waals surface area contributed by atoms with Crippen LogP contribution in [0.4, 0.5) is 0 Å². The summed E-state index contributed by atoms with van der Waals surface area (Å²) in [6, 6.07) is 3.65. The first-order valence-corrected chi connectivity index (χ1v) is 8.94. The molecule has 4 aliphatic rings. The molecule has 1 aromatic heterocycles. The fourth-order valence-electron chi connectivity index (χ4n) is 4.83. The SMILES string of the molecule is COC12C(CO)C3=C(C(=O)C(C)=C(OCc4ccco4)C3=O)N1CC1NC12. The zero-order valence-electron chi connectivity index (χ0n) is 15.0. The third-order valence-electron chi connectivity index (χ3n) is 6.10. The number of methoxy groups -OCH3 is 1. The number of aliphatic hydroxyl groups excluding tert-OH is 1. The number of nitrogens with zero attached hydrogens (tertiary/aromatic N) is 1. The monoisotopic (exact) mass is 372 g/mol. The third kappa shape index (κ3) is 1.97. The number of rotatable bonds is 5. The summed E-state index contributed by atoms with van der Waals surface area (Å²) < 4.78 is 16.7. The highest BCUT2D eigenvalue weighted by Gasteiger charge is 2.72. The molecule has 142 valence electrons. The third-order valence-corrected chi connectivity index (χ3v) is 6.10. The lowest BCUT2D eigenvalue weighted by Gasteiger charge is -2.39. The van der Waals surface area contributed by atoms with E-state index in [1.807, 2.05) is 4.90 Å². The molecule has 2 N–H and O–H groups in total. The van der Waals surface area contributed by atoms with Gasteiger partial charge < -0.3 is 29.2 Å². The molecule has 0 bridgehead atoms. The molecule has 1 aromatic rings. The van der Waals surface area contributed by atoms with Crippen LogP contribution in [-0.4, -0.2) is 59.6 Å². The Morgan fingerprint density at radius 3 is 2.89 bits per heavy atom. The van der Waals surface area contributed by atoms with Gasteiger partial charge in [0.25, 0.3) is 0 Å². The Balaban J connectivity index is 1.53. The normalized spacial score (nSPS) is 34.2. The fourth-order valence-corrected chi connectivity index (χ4v) is 4.83. The molecule has 27 heavy (non-hydrogen) atoms. The van der Waals surface area contributed by atoms with Crippen LogP contribution in [0.3, 0.4) is 0 Å². The van der Waals surface area contributed by atoms with Gasteiger partial charge >= 0.3 is 0 Å². The molecule has 2 fully saturated rings. The summed E-state index contributed by atoms with van der Waals surface area (Å²) in [5, 5.41) is 13.4. The van der Waals surface area contributed by atoms with E-state index in [1.165, 1.54) is 6.26 Å². The van der Waals surface area contributed by atoms with Crippen molar-refractivity contribution in [3.63, 3.8) is 0 Å². The quantitative estimate of drug-likeness (QED) is 0.553. The number of carbonyl (C=O) groups excluding carboxylic acids is 2. The smallest absolute Gasteiger partial charge is 0.226 e. The van der Waals surface area contributed by atoms with E-state index in [4.69, 9.17) is 13.9 Å². The summed E-state index contributed by atoms with van der Waals surface area (Å²) in [5.41, 5.74) is -0.0108. The van der Waals surface area contributed by atoms with Gasteiger partial charge in [-0.15, -0.1) is 0 Å². The van der Waals surface area contributed by atoms with Crippen LogP contribution >= 0.6 is 0 Å². The number of Topliss-reactive ketones (excluding diaryl/α,β-unsaturated/α-hetero) is 2. The standard InChI is InChI=1S/C19H20N2O6/c1-9-15(23)14-13(16(24)17(9)27-8-10-4-3-5-26-10)11(7-22)19(25-2)18-12(20-18)6-21(14)19/h3-5,11-12,18,20,22H,6-8H2,1-2H3. The van der Waals surface area contributed by atoms with E-state index in [1.54, 1.807) is 26.2 Å². The van der Waals surface area contributed by atoms with E-state index >= 15 is 0 Å². The van der Waals surface area contributed by atoms with Crippen molar-refractivity contribution in [1.29, 1.82) is 0 Å². The number of aliphatic hydroxyl groups is 1. The van der Waals surface area contributed by atoms with Crippen molar-refractivity contribution in [1.82, 2.24) is 10.2 Å². The van der Waals surface area contributed by atoms with E-state index in [9.17, 15) is 14.7 Å². The van der Waals surface area contributed by atoms with Crippen LogP contribution in [0.2, 0.25) is 0 Å². The van der Waals surface area contributed by atoms with Crippen LogP contribution in [0.15, 0.2) is 45.4 Å². The molecule has 8 nitrogen and oxygen atoms in total. The van der Waals surface area contributed by atoms with Crippen LogP contribution in [0.25, 0.3) is 0 Å². The number of hydrogen-bond acceptors (Lipinski definition) is 8. The molecule has 0 amide bonds. The number of hydrogen-bond donors (Lipinski definition) is 2. The summed E-state index contributed by atoms with van der Waals surface area (Å²) in [6.07, 6.45) is 1.52. The Morgan fingerprint density at radius 2 is 2.22 bits per heavy atom. The number of furan rings is 1. The van der Waals surface area contributed by atoms with Gasteiger partial charge in [0.15, 0.2) is 11.5 Å². The molecular weight excluding hydrogens is 352 g/mol. The minimum absolute atomic E-state index is 0.0151. The van der Waals surface area contributed by atoms with Crippen molar-refractivity contribution in [2.24, 2.45) is 5.92 Å². The Hall–Kier alpha value is -2.42. The Bertz CT molecular complexity index is 901. The van der Waals surface area contributed by atoms with Crippen LogP contribution in [0, 0.1) is 5.92 Å². The van der Waals surface area contributed by atoms with Gasteiger partial charge in [0, 0.05) is 30.8 Å². The first-order valence-electron chi connectivity index (χ1n) is 8.94. The highest BCUT2D eigenvalue weighted by Crippen LogP contribution is 2.55. The maximum atomic E-state index is 13.3. The van der Waals surface area contributed by atoms with Crippen LogP contribution in [0.5, 0.6) is 0 Å². The number of allylic oxidation sites excluding steroid dienone is 2. The summed E-state index contributed by atoms with van der Waals surface area (Å²) in [5.74, 6) is -0.663. The zero-order chi connectivity index (χ0) is 18.9. The van der Waals surface area contributed by atoms with Crippen molar-refractivity contribution in [3.8, 4) is 0 Å². The second-order valence-electron chi connectivity index (χ2n) is 7.30. The second kappa shape index (κ2) is 5.54. The predicted molar refractivity (Wildman–Crippen MR) is 91.0 cm³/mol. The lowest BCUT2D eigenvalue weighted by Crippen LogP contribution is -2.54. The summed E-state index contributed by atoms with van der Waals surface area (Å²) >= 11 is 0. The van der Waals surface area contributed by atoms with Gasteiger partial charge in [-0.05, 0) is 19.1 Å². The number of nitrogens with one attached hydrogen (secondary N) is 1. The van der Waals surface area contributed by atoms with Gasteiger partial charge in [0.2, 0.25) is 11.6 Å². The molecule has 4 heterocycles. The van der Waals surface area contributed by atoms with Crippen LogP contribution in [0.1, 0.15) is 12.7 Å². The molecule has 2 saturated heterocycles. The predicted octanol–water partition coefficient (Wildman–Crippen LogP) is 0.0969. The molecule has 4 unspecified atom stereocenters. The van der Waals surface area contributed by atoms with E-state index in [0.717, 1.165) is 0 Å². The summed E-state index contributed by atoms with van der Waals surface area (Å²) in [6.45, 7) is 1.92. The fraction of sp³-hybridized carbons (Fsp3) is 0.474. The average molecular weight is 372 g/mol. The van der Waals surface area contributed by atoms with Gasteiger partial charge in [-0.2, -0.15) is 0 Å². The first-order chi connectivity index (χ1) is 13.0.